The van der Waals surface area contributed by atoms with Crippen LogP contribution in [0.2, 0.25) is 10.0 Å². The van der Waals surface area contributed by atoms with E-state index >= 15 is 0 Å². The van der Waals surface area contributed by atoms with Crippen molar-refractivity contribution in [3.8, 4) is 11.4 Å². The number of halogens is 2. The third-order valence-corrected chi connectivity index (χ3v) is 6.97. The van der Waals surface area contributed by atoms with Gasteiger partial charge in [0.15, 0.2) is 5.11 Å². The molecule has 7 nitrogen and oxygen atoms in total. The molecule has 2 aromatic carbocycles. The zero-order valence-corrected chi connectivity index (χ0v) is 22.3. The number of ether oxygens (including phenoxy) is 1. The molecular formula is C27H23Cl2N5O2S. The molecule has 0 spiro atoms. The monoisotopic (exact) mass is 551 g/mol. The first-order valence-electron chi connectivity index (χ1n) is 11.5. The molecule has 1 aliphatic heterocycles. The SMILES string of the molecule is COc1ccc(N2C(=S)N[C@@H](c3ccccn3)[C@@H]2c2cccn2-c2ccc(Cl)cc2Cl)cc1NC(C)=O. The van der Waals surface area contributed by atoms with Crippen LogP contribution < -0.4 is 20.3 Å². The van der Waals surface area contributed by atoms with E-state index in [9.17, 15) is 4.79 Å². The van der Waals surface area contributed by atoms with Gasteiger partial charge in [0.1, 0.15) is 11.8 Å². The molecule has 1 fully saturated rings. The average Bonchev–Trinajstić information content (AvgIpc) is 3.48. The molecule has 1 aliphatic rings. The molecule has 4 aromatic rings. The summed E-state index contributed by atoms with van der Waals surface area (Å²) in [7, 11) is 1.56. The van der Waals surface area contributed by atoms with Gasteiger partial charge >= 0.3 is 0 Å². The van der Waals surface area contributed by atoms with Crippen LogP contribution in [0.3, 0.4) is 0 Å². The number of hydrogen-bond acceptors (Lipinski definition) is 4. The number of benzene rings is 2. The van der Waals surface area contributed by atoms with E-state index < -0.39 is 0 Å². The standard InChI is InChI=1S/C27H23Cl2N5O2S/c1-16(35)31-21-15-18(9-11-24(21)36-2)34-26(25(32-27(34)37)20-6-3-4-12-30-20)23-7-5-13-33(23)22-10-8-17(28)14-19(22)29/h3-15,25-26H,1-2H3,(H,31,35)(H,32,37)/t25-,26-/m0/s1. The van der Waals surface area contributed by atoms with Gasteiger partial charge in [0.2, 0.25) is 5.91 Å². The molecule has 0 aliphatic carbocycles. The molecule has 2 N–H and O–H groups in total. The number of thiocarbonyl (C=S) groups is 1. The summed E-state index contributed by atoms with van der Waals surface area (Å²) in [6.45, 7) is 1.46. The maximum Gasteiger partial charge on any atom is 0.221 e. The molecule has 5 rings (SSSR count). The third kappa shape index (κ3) is 4.87. The number of rotatable bonds is 6. The maximum absolute atomic E-state index is 11.9. The fourth-order valence-corrected chi connectivity index (χ4v) is 5.44. The summed E-state index contributed by atoms with van der Waals surface area (Å²) < 4.78 is 7.49. The zero-order chi connectivity index (χ0) is 26.1. The lowest BCUT2D eigenvalue weighted by atomic mass is 10.0. The normalized spacial score (nSPS) is 17.0. The quantitative estimate of drug-likeness (QED) is 0.273. The van der Waals surface area contributed by atoms with Crippen LogP contribution in [0.15, 0.2) is 79.1 Å². The van der Waals surface area contributed by atoms with Crippen LogP contribution in [0.25, 0.3) is 5.69 Å². The molecule has 37 heavy (non-hydrogen) atoms. The Labute approximate surface area is 230 Å². The first kappa shape index (κ1) is 25.1. The highest BCUT2D eigenvalue weighted by Gasteiger charge is 2.42. The zero-order valence-electron chi connectivity index (χ0n) is 20.0. The number of nitrogens with zero attached hydrogens (tertiary/aromatic N) is 3. The maximum atomic E-state index is 11.9. The van der Waals surface area contributed by atoms with Crippen molar-refractivity contribution in [2.45, 2.75) is 19.0 Å². The number of anilines is 2. The van der Waals surface area contributed by atoms with Crippen molar-refractivity contribution in [2.75, 3.05) is 17.3 Å². The van der Waals surface area contributed by atoms with Gasteiger partial charge in [-0.05, 0) is 72.9 Å². The molecule has 1 amide bonds. The first-order chi connectivity index (χ1) is 17.9. The van der Waals surface area contributed by atoms with E-state index in [0.29, 0.717) is 26.6 Å². The van der Waals surface area contributed by atoms with Crippen molar-refractivity contribution in [3.05, 3.63) is 101 Å². The van der Waals surface area contributed by atoms with Gasteiger partial charge in [-0.2, -0.15) is 0 Å². The van der Waals surface area contributed by atoms with Gasteiger partial charge in [-0.3, -0.25) is 9.78 Å². The summed E-state index contributed by atoms with van der Waals surface area (Å²) in [5, 5.41) is 7.91. The van der Waals surface area contributed by atoms with Gasteiger partial charge in [0, 0.05) is 35.7 Å². The van der Waals surface area contributed by atoms with Crippen LogP contribution >= 0.6 is 35.4 Å². The molecule has 0 saturated carbocycles. The van der Waals surface area contributed by atoms with Crippen LogP contribution in [-0.2, 0) is 4.79 Å². The Balaban J connectivity index is 1.67. The number of pyridine rings is 1. The van der Waals surface area contributed by atoms with E-state index in [-0.39, 0.29) is 18.0 Å². The van der Waals surface area contributed by atoms with E-state index in [0.717, 1.165) is 22.8 Å². The average molecular weight is 552 g/mol. The highest BCUT2D eigenvalue weighted by molar-refractivity contribution is 7.80. The van der Waals surface area contributed by atoms with Crippen LogP contribution in [0.1, 0.15) is 30.4 Å². The third-order valence-electron chi connectivity index (χ3n) is 6.12. The molecule has 3 heterocycles. The molecule has 188 valence electrons. The highest BCUT2D eigenvalue weighted by Crippen LogP contribution is 2.44. The molecule has 2 aromatic heterocycles. The number of hydrogen-bond donors (Lipinski definition) is 2. The van der Waals surface area contributed by atoms with Crippen LogP contribution in [0.5, 0.6) is 5.75 Å². The number of nitrogens with one attached hydrogen (secondary N) is 2. The van der Waals surface area contributed by atoms with E-state index in [2.05, 4.69) is 15.6 Å². The summed E-state index contributed by atoms with van der Waals surface area (Å²) >= 11 is 18.6. The minimum Gasteiger partial charge on any atom is -0.495 e. The number of carbonyl (C=O) groups is 1. The fraction of sp³-hybridized carbons (Fsp3) is 0.148. The lowest BCUT2D eigenvalue weighted by molar-refractivity contribution is -0.114. The molecule has 1 saturated heterocycles. The number of carbonyl (C=O) groups excluding carboxylic acids is 1. The Morgan fingerprint density at radius 1 is 1.11 bits per heavy atom. The van der Waals surface area contributed by atoms with Gasteiger partial charge < -0.3 is 24.8 Å². The number of aromatic nitrogens is 2. The molecule has 2 atom stereocenters. The van der Waals surface area contributed by atoms with E-state index in [4.69, 9.17) is 40.2 Å². The van der Waals surface area contributed by atoms with Crippen molar-refractivity contribution < 1.29 is 9.53 Å². The first-order valence-corrected chi connectivity index (χ1v) is 12.6. The summed E-state index contributed by atoms with van der Waals surface area (Å²) in [6, 6.07) is 20.2. The molecule has 0 radical (unpaired) electrons. The Morgan fingerprint density at radius 3 is 2.65 bits per heavy atom. The van der Waals surface area contributed by atoms with Crippen LogP contribution in [0, 0.1) is 0 Å². The summed E-state index contributed by atoms with van der Waals surface area (Å²) in [6.07, 6.45) is 3.72. The predicted molar refractivity (Wildman–Crippen MR) is 151 cm³/mol. The fourth-order valence-electron chi connectivity index (χ4n) is 4.60. The summed E-state index contributed by atoms with van der Waals surface area (Å²) in [5.74, 6) is 0.345. The van der Waals surface area contributed by atoms with Crippen molar-refractivity contribution >= 4 is 57.8 Å². The van der Waals surface area contributed by atoms with E-state index in [1.165, 1.54) is 6.92 Å². The van der Waals surface area contributed by atoms with Gasteiger partial charge in [0.25, 0.3) is 0 Å². The van der Waals surface area contributed by atoms with Crippen molar-refractivity contribution in [1.82, 2.24) is 14.9 Å². The summed E-state index contributed by atoms with van der Waals surface area (Å²) in [4.78, 5) is 18.5. The number of amides is 1. The Morgan fingerprint density at radius 2 is 1.95 bits per heavy atom. The minimum atomic E-state index is -0.303. The van der Waals surface area contributed by atoms with E-state index in [1.807, 2.05) is 70.3 Å². The minimum absolute atomic E-state index is 0.202. The summed E-state index contributed by atoms with van der Waals surface area (Å²) in [5.41, 5.74) is 3.89. The Bertz CT molecular complexity index is 1480. The van der Waals surface area contributed by atoms with E-state index in [1.54, 1.807) is 25.4 Å². The Hall–Kier alpha value is -3.59. The largest absolute Gasteiger partial charge is 0.495 e. The smallest absolute Gasteiger partial charge is 0.221 e. The highest BCUT2D eigenvalue weighted by atomic mass is 35.5. The lowest BCUT2D eigenvalue weighted by Gasteiger charge is -2.29. The molecular weight excluding hydrogens is 529 g/mol. The van der Waals surface area contributed by atoms with Gasteiger partial charge in [-0.25, -0.2) is 0 Å². The second-order valence-electron chi connectivity index (χ2n) is 8.46. The number of methoxy groups -OCH3 is 1. The van der Waals surface area contributed by atoms with Crippen molar-refractivity contribution in [1.29, 1.82) is 0 Å². The molecule has 0 unspecified atom stereocenters. The van der Waals surface area contributed by atoms with Gasteiger partial charge in [-0.15, -0.1) is 0 Å². The van der Waals surface area contributed by atoms with Gasteiger partial charge in [0.05, 0.1) is 35.2 Å². The lowest BCUT2D eigenvalue weighted by Crippen LogP contribution is -2.30. The second kappa shape index (κ2) is 10.4. The predicted octanol–water partition coefficient (Wildman–Crippen LogP) is 6.32. The Kier molecular flexibility index (Phi) is 7.06. The topological polar surface area (TPSA) is 71.4 Å². The van der Waals surface area contributed by atoms with Crippen LogP contribution in [0.4, 0.5) is 11.4 Å². The molecule has 10 heteroatoms. The van der Waals surface area contributed by atoms with Crippen molar-refractivity contribution in [2.24, 2.45) is 0 Å². The van der Waals surface area contributed by atoms with Crippen molar-refractivity contribution in [3.63, 3.8) is 0 Å². The molecule has 0 bridgehead atoms. The van der Waals surface area contributed by atoms with Gasteiger partial charge in [-0.1, -0.05) is 29.3 Å². The van der Waals surface area contributed by atoms with Crippen LogP contribution in [-0.4, -0.2) is 27.7 Å². The second-order valence-corrected chi connectivity index (χ2v) is 9.69.